The number of rotatable bonds is 5. The SMILES string of the molecule is COc1ccc(C(=O)N2c3ncnn3[C@H](c3ccccc3OC)C[C@H]2c2ccccc2)cc1. The predicted molar refractivity (Wildman–Crippen MR) is 125 cm³/mol. The summed E-state index contributed by atoms with van der Waals surface area (Å²) in [5, 5.41) is 4.51. The number of ether oxygens (including phenoxy) is 2. The highest BCUT2D eigenvalue weighted by atomic mass is 16.5. The molecule has 1 aliphatic heterocycles. The van der Waals surface area contributed by atoms with E-state index in [1.165, 1.54) is 6.33 Å². The number of carbonyl (C=O) groups excluding carboxylic acids is 1. The van der Waals surface area contributed by atoms with Crippen LogP contribution in [-0.2, 0) is 0 Å². The number of anilines is 1. The fourth-order valence-corrected chi connectivity index (χ4v) is 4.46. The minimum absolute atomic E-state index is 0.135. The third-order valence-corrected chi connectivity index (χ3v) is 6.06. The molecule has 5 rings (SSSR count). The van der Waals surface area contributed by atoms with Gasteiger partial charge in [0.15, 0.2) is 0 Å². The maximum absolute atomic E-state index is 13.8. The second kappa shape index (κ2) is 8.78. The van der Waals surface area contributed by atoms with Gasteiger partial charge >= 0.3 is 0 Å². The molecule has 0 unspecified atom stereocenters. The zero-order valence-electron chi connectivity index (χ0n) is 18.5. The summed E-state index contributed by atoms with van der Waals surface area (Å²) in [5.41, 5.74) is 2.60. The van der Waals surface area contributed by atoms with Gasteiger partial charge < -0.3 is 9.47 Å². The Labute approximate surface area is 192 Å². The molecule has 2 atom stereocenters. The molecule has 0 radical (unpaired) electrons. The zero-order chi connectivity index (χ0) is 22.8. The van der Waals surface area contributed by atoms with Gasteiger partial charge in [-0.2, -0.15) is 10.1 Å². The minimum Gasteiger partial charge on any atom is -0.497 e. The van der Waals surface area contributed by atoms with E-state index in [2.05, 4.69) is 10.1 Å². The molecule has 1 amide bonds. The quantitative estimate of drug-likeness (QED) is 0.451. The van der Waals surface area contributed by atoms with Gasteiger partial charge in [0.1, 0.15) is 17.8 Å². The molecule has 0 fully saturated rings. The van der Waals surface area contributed by atoms with E-state index in [-0.39, 0.29) is 18.0 Å². The Hall–Kier alpha value is -4.13. The molecule has 4 aromatic rings. The number of benzene rings is 3. The molecule has 0 aliphatic carbocycles. The van der Waals surface area contributed by atoms with Gasteiger partial charge in [-0.3, -0.25) is 9.69 Å². The van der Waals surface area contributed by atoms with E-state index in [9.17, 15) is 4.79 Å². The number of hydrogen-bond acceptors (Lipinski definition) is 5. The van der Waals surface area contributed by atoms with Crippen molar-refractivity contribution >= 4 is 11.9 Å². The van der Waals surface area contributed by atoms with E-state index in [1.807, 2.05) is 59.3 Å². The standard InChI is InChI=1S/C26H24N4O3/c1-32-20-14-12-19(13-15-20)25(31)29-22(18-8-4-3-5-9-18)16-23(30-26(29)27-17-28-30)21-10-6-7-11-24(21)33-2/h3-15,17,22-23H,16H2,1-2H3/t22-,23-/m0/s1. The van der Waals surface area contributed by atoms with Crippen LogP contribution >= 0.6 is 0 Å². The van der Waals surface area contributed by atoms with Crippen LogP contribution < -0.4 is 14.4 Å². The van der Waals surface area contributed by atoms with Crippen LogP contribution in [0.3, 0.4) is 0 Å². The molecule has 0 N–H and O–H groups in total. The summed E-state index contributed by atoms with van der Waals surface area (Å²) >= 11 is 0. The van der Waals surface area contributed by atoms with Crippen LogP contribution in [0.25, 0.3) is 0 Å². The average molecular weight is 441 g/mol. The highest BCUT2D eigenvalue weighted by Gasteiger charge is 2.40. The summed E-state index contributed by atoms with van der Waals surface area (Å²) in [6, 6.07) is 24.7. The van der Waals surface area contributed by atoms with Crippen molar-refractivity contribution in [2.75, 3.05) is 19.1 Å². The number of aromatic nitrogens is 3. The van der Waals surface area contributed by atoms with Gasteiger partial charge in [-0.1, -0.05) is 48.5 Å². The molecule has 2 heterocycles. The summed E-state index contributed by atoms with van der Waals surface area (Å²) in [5.74, 6) is 1.85. The van der Waals surface area contributed by atoms with E-state index in [0.29, 0.717) is 23.7 Å². The third-order valence-electron chi connectivity index (χ3n) is 6.06. The van der Waals surface area contributed by atoms with E-state index in [1.54, 1.807) is 43.4 Å². The van der Waals surface area contributed by atoms with E-state index < -0.39 is 0 Å². The Morgan fingerprint density at radius 2 is 1.61 bits per heavy atom. The molecule has 0 saturated heterocycles. The van der Waals surface area contributed by atoms with Crippen LogP contribution in [0.2, 0.25) is 0 Å². The number of hydrogen-bond donors (Lipinski definition) is 0. The van der Waals surface area contributed by atoms with E-state index in [4.69, 9.17) is 9.47 Å². The van der Waals surface area contributed by atoms with Gasteiger partial charge in [-0.05, 0) is 42.3 Å². The highest BCUT2D eigenvalue weighted by molar-refractivity contribution is 6.06. The normalized spacial score (nSPS) is 17.3. The predicted octanol–water partition coefficient (Wildman–Crippen LogP) is 4.68. The molecule has 1 aromatic heterocycles. The van der Waals surface area contributed by atoms with Crippen LogP contribution in [0.5, 0.6) is 11.5 Å². The molecular weight excluding hydrogens is 416 g/mol. The molecule has 0 saturated carbocycles. The van der Waals surface area contributed by atoms with Crippen molar-refractivity contribution in [2.45, 2.75) is 18.5 Å². The highest BCUT2D eigenvalue weighted by Crippen LogP contribution is 2.44. The molecule has 0 bridgehead atoms. The van der Waals surface area contributed by atoms with Gasteiger partial charge in [0, 0.05) is 11.1 Å². The number of para-hydroxylation sites is 1. The van der Waals surface area contributed by atoms with Gasteiger partial charge in [0.05, 0.1) is 26.3 Å². The summed E-state index contributed by atoms with van der Waals surface area (Å²) < 4.78 is 12.7. The third kappa shape index (κ3) is 3.71. The van der Waals surface area contributed by atoms with Gasteiger partial charge in [-0.25, -0.2) is 4.68 Å². The molecule has 0 spiro atoms. The summed E-state index contributed by atoms with van der Waals surface area (Å²) in [7, 11) is 3.27. The maximum atomic E-state index is 13.8. The zero-order valence-corrected chi connectivity index (χ0v) is 18.5. The Morgan fingerprint density at radius 1 is 0.879 bits per heavy atom. The van der Waals surface area contributed by atoms with Crippen molar-refractivity contribution in [1.29, 1.82) is 0 Å². The maximum Gasteiger partial charge on any atom is 0.261 e. The van der Waals surface area contributed by atoms with Crippen LogP contribution in [0.15, 0.2) is 85.2 Å². The molecule has 1 aliphatic rings. The molecule has 33 heavy (non-hydrogen) atoms. The second-order valence-corrected chi connectivity index (χ2v) is 7.83. The number of fused-ring (bicyclic) bond motifs is 1. The number of carbonyl (C=O) groups is 1. The Morgan fingerprint density at radius 3 is 2.33 bits per heavy atom. The summed E-state index contributed by atoms with van der Waals surface area (Å²) in [6.07, 6.45) is 2.13. The fraction of sp³-hybridized carbons (Fsp3) is 0.192. The average Bonchev–Trinajstić information content (AvgIpc) is 3.38. The Balaban J connectivity index is 1.64. The van der Waals surface area contributed by atoms with Crippen molar-refractivity contribution in [2.24, 2.45) is 0 Å². The molecular formula is C26H24N4O3. The van der Waals surface area contributed by atoms with Crippen LogP contribution in [0.1, 0.15) is 40.0 Å². The fourth-order valence-electron chi connectivity index (χ4n) is 4.46. The topological polar surface area (TPSA) is 69.5 Å². The lowest BCUT2D eigenvalue weighted by Crippen LogP contribution is -2.42. The largest absolute Gasteiger partial charge is 0.497 e. The Bertz CT molecular complexity index is 1250. The molecule has 166 valence electrons. The monoisotopic (exact) mass is 440 g/mol. The molecule has 7 heteroatoms. The minimum atomic E-state index is -0.229. The van der Waals surface area contributed by atoms with E-state index >= 15 is 0 Å². The van der Waals surface area contributed by atoms with Crippen LogP contribution in [0, 0.1) is 0 Å². The van der Waals surface area contributed by atoms with Crippen molar-refractivity contribution in [3.63, 3.8) is 0 Å². The summed E-state index contributed by atoms with van der Waals surface area (Å²) in [4.78, 5) is 20.1. The molecule has 7 nitrogen and oxygen atoms in total. The first-order valence-electron chi connectivity index (χ1n) is 10.8. The van der Waals surface area contributed by atoms with Crippen molar-refractivity contribution in [1.82, 2.24) is 14.8 Å². The van der Waals surface area contributed by atoms with Crippen molar-refractivity contribution in [3.05, 3.63) is 102 Å². The summed E-state index contributed by atoms with van der Waals surface area (Å²) in [6.45, 7) is 0. The molecule has 3 aromatic carbocycles. The first kappa shape index (κ1) is 20.8. The van der Waals surface area contributed by atoms with Gasteiger partial charge in [0.2, 0.25) is 5.95 Å². The first-order chi connectivity index (χ1) is 16.2. The number of amides is 1. The van der Waals surface area contributed by atoms with Crippen molar-refractivity contribution < 1.29 is 14.3 Å². The Kier molecular flexibility index (Phi) is 5.52. The second-order valence-electron chi connectivity index (χ2n) is 7.83. The van der Waals surface area contributed by atoms with Crippen molar-refractivity contribution in [3.8, 4) is 11.5 Å². The number of methoxy groups -OCH3 is 2. The first-order valence-corrected chi connectivity index (χ1v) is 10.8. The van der Waals surface area contributed by atoms with Gasteiger partial charge in [0.25, 0.3) is 5.91 Å². The lowest BCUT2D eigenvalue weighted by molar-refractivity contribution is 0.0963. The lowest BCUT2D eigenvalue weighted by atomic mass is 9.91. The van der Waals surface area contributed by atoms with Gasteiger partial charge in [-0.15, -0.1) is 0 Å². The smallest absolute Gasteiger partial charge is 0.261 e. The van der Waals surface area contributed by atoms with Crippen LogP contribution in [-0.4, -0.2) is 34.9 Å². The van der Waals surface area contributed by atoms with Crippen LogP contribution in [0.4, 0.5) is 5.95 Å². The lowest BCUT2D eigenvalue weighted by Gasteiger charge is -2.39. The number of nitrogens with zero attached hydrogens (tertiary/aromatic N) is 4. The van der Waals surface area contributed by atoms with E-state index in [0.717, 1.165) is 16.9 Å².